The molecule has 4 nitrogen and oxygen atoms in total. The van der Waals surface area contributed by atoms with Gasteiger partial charge in [0.15, 0.2) is 9.84 Å². The number of hydrogen-bond donors (Lipinski definition) is 0. The minimum Gasteiger partial charge on any atom is -0.466 e. The molecule has 0 atom stereocenters. The smallest absolute Gasteiger partial charge is 0.333 e. The molecule has 0 unspecified atom stereocenters. The minimum absolute atomic E-state index is 0.0947. The van der Waals surface area contributed by atoms with Crippen LogP contribution in [0.1, 0.15) is 18.9 Å². The second-order valence-corrected chi connectivity index (χ2v) is 9.30. The van der Waals surface area contributed by atoms with Crippen molar-refractivity contribution in [3.63, 3.8) is 0 Å². The average molecular weight is 389 g/mol. The first-order valence-corrected chi connectivity index (χ1v) is 11.0. The maximum absolute atomic E-state index is 12.6. The quantitative estimate of drug-likeness (QED) is 0.580. The summed E-state index contributed by atoms with van der Waals surface area (Å²) in [5, 5.41) is 0. The zero-order valence-corrected chi connectivity index (χ0v) is 16.3. The van der Waals surface area contributed by atoms with Gasteiger partial charge in [-0.3, -0.25) is 0 Å². The van der Waals surface area contributed by atoms with Crippen LogP contribution in [0.15, 0.2) is 57.8 Å². The third kappa shape index (κ3) is 3.71. The van der Waals surface area contributed by atoms with Crippen LogP contribution in [0.25, 0.3) is 17.2 Å². The van der Waals surface area contributed by atoms with E-state index in [2.05, 4.69) is 13.0 Å². The maximum atomic E-state index is 12.6. The number of methoxy groups -OCH3 is 1. The minimum atomic E-state index is -3.44. The second kappa shape index (κ2) is 7.68. The Labute approximate surface area is 158 Å². The van der Waals surface area contributed by atoms with E-state index in [-0.39, 0.29) is 17.1 Å². The van der Waals surface area contributed by atoms with Gasteiger partial charge < -0.3 is 4.74 Å². The Morgan fingerprint density at radius 2 is 1.96 bits per heavy atom. The highest BCUT2D eigenvalue weighted by Crippen LogP contribution is 2.35. The Hall–Kier alpha value is -2.05. The molecule has 0 aromatic heterocycles. The van der Waals surface area contributed by atoms with Crippen LogP contribution in [0.5, 0.6) is 0 Å². The Kier molecular flexibility index (Phi) is 5.53. The zero-order chi connectivity index (χ0) is 18.7. The number of thioether (sulfide) groups is 1. The van der Waals surface area contributed by atoms with Crippen LogP contribution in [0, 0.1) is 0 Å². The molecule has 0 spiro atoms. The van der Waals surface area contributed by atoms with Crippen molar-refractivity contribution in [1.29, 1.82) is 0 Å². The Morgan fingerprint density at radius 3 is 2.69 bits per heavy atom. The van der Waals surface area contributed by atoms with Gasteiger partial charge in [-0.1, -0.05) is 31.2 Å². The van der Waals surface area contributed by atoms with Crippen LogP contribution in [-0.4, -0.2) is 33.0 Å². The summed E-state index contributed by atoms with van der Waals surface area (Å²) in [6, 6.07) is 13.4. The molecule has 2 aromatic rings. The Bertz CT molecular complexity index is 975. The van der Waals surface area contributed by atoms with Crippen molar-refractivity contribution in [2.45, 2.75) is 23.1 Å². The first kappa shape index (κ1) is 18.7. The highest BCUT2D eigenvalue weighted by Gasteiger charge is 2.25. The van der Waals surface area contributed by atoms with Crippen LogP contribution in [0.4, 0.5) is 0 Å². The topological polar surface area (TPSA) is 60.4 Å². The van der Waals surface area contributed by atoms with E-state index in [1.807, 2.05) is 30.3 Å². The number of fused-ring (bicyclic) bond motifs is 1. The van der Waals surface area contributed by atoms with E-state index in [1.54, 1.807) is 23.9 Å². The van der Waals surface area contributed by atoms with Crippen LogP contribution in [-0.2, 0) is 19.4 Å². The lowest BCUT2D eigenvalue weighted by Crippen LogP contribution is -2.10. The summed E-state index contributed by atoms with van der Waals surface area (Å²) in [5.41, 5.74) is 2.90. The van der Waals surface area contributed by atoms with E-state index in [0.717, 1.165) is 21.8 Å². The molecule has 0 fully saturated rings. The van der Waals surface area contributed by atoms with Crippen molar-refractivity contribution in [2.75, 3.05) is 18.6 Å². The van der Waals surface area contributed by atoms with Gasteiger partial charge in [-0.15, -0.1) is 11.8 Å². The largest absolute Gasteiger partial charge is 0.466 e. The molecule has 26 heavy (non-hydrogen) atoms. The molecular formula is C20H20O4S2. The molecule has 1 aliphatic heterocycles. The third-order valence-electron chi connectivity index (χ3n) is 4.26. The zero-order valence-electron chi connectivity index (χ0n) is 14.7. The lowest BCUT2D eigenvalue weighted by atomic mass is 10.0. The van der Waals surface area contributed by atoms with Gasteiger partial charge in [0.1, 0.15) is 0 Å². The predicted octanol–water partition coefficient (Wildman–Crippen LogP) is 4.20. The fraction of sp³-hybridized carbons (Fsp3) is 0.250. The van der Waals surface area contributed by atoms with Gasteiger partial charge in [0.25, 0.3) is 0 Å². The van der Waals surface area contributed by atoms with E-state index in [0.29, 0.717) is 11.1 Å². The van der Waals surface area contributed by atoms with Crippen molar-refractivity contribution >= 4 is 33.6 Å². The van der Waals surface area contributed by atoms with Crippen LogP contribution < -0.4 is 0 Å². The molecule has 3 rings (SSSR count). The van der Waals surface area contributed by atoms with E-state index in [1.165, 1.54) is 7.11 Å². The van der Waals surface area contributed by atoms with E-state index >= 15 is 0 Å². The highest BCUT2D eigenvalue weighted by molar-refractivity contribution is 7.99. The lowest BCUT2D eigenvalue weighted by Gasteiger charge is -2.11. The van der Waals surface area contributed by atoms with Crippen LogP contribution >= 0.6 is 11.8 Å². The van der Waals surface area contributed by atoms with E-state index < -0.39 is 15.8 Å². The summed E-state index contributed by atoms with van der Waals surface area (Å²) in [7, 11) is -2.13. The normalized spacial score (nSPS) is 15.5. The molecule has 0 radical (unpaired) electrons. The van der Waals surface area contributed by atoms with Crippen molar-refractivity contribution in [3.8, 4) is 11.1 Å². The molecule has 136 valence electrons. The lowest BCUT2D eigenvalue weighted by molar-refractivity contribution is -0.136. The summed E-state index contributed by atoms with van der Waals surface area (Å²) in [4.78, 5) is 13.4. The number of carbonyl (C=O) groups excluding carboxylic acids is 1. The predicted molar refractivity (Wildman–Crippen MR) is 105 cm³/mol. The Balaban J connectivity index is 2.17. The molecule has 0 saturated carbocycles. The number of carbonyl (C=O) groups is 1. The summed E-state index contributed by atoms with van der Waals surface area (Å²) in [6.45, 7) is 2.09. The molecule has 6 heteroatoms. The van der Waals surface area contributed by atoms with Crippen LogP contribution in [0.3, 0.4) is 0 Å². The third-order valence-corrected chi connectivity index (χ3v) is 7.00. The fourth-order valence-corrected chi connectivity index (χ4v) is 5.29. The molecule has 0 bridgehead atoms. The molecule has 0 N–H and O–H groups in total. The number of benzene rings is 2. The fourth-order valence-electron chi connectivity index (χ4n) is 3.00. The summed E-state index contributed by atoms with van der Waals surface area (Å²) >= 11 is 1.74. The maximum Gasteiger partial charge on any atom is 0.333 e. The average Bonchev–Trinajstić information content (AvgIpc) is 2.77. The summed E-state index contributed by atoms with van der Waals surface area (Å²) in [6.07, 6.45) is 1.80. The number of esters is 1. The molecule has 0 saturated heterocycles. The number of sulfone groups is 1. The number of rotatable bonds is 4. The van der Waals surface area contributed by atoms with Gasteiger partial charge in [-0.2, -0.15) is 0 Å². The SMILES string of the molecule is CCSc1ccccc1-c1ccc2c(c1)C=C(C(=O)OC)CCS2(=O)=O. The molecular weight excluding hydrogens is 368 g/mol. The van der Waals surface area contributed by atoms with Gasteiger partial charge in [0, 0.05) is 10.5 Å². The summed E-state index contributed by atoms with van der Waals surface area (Å²) < 4.78 is 29.9. The van der Waals surface area contributed by atoms with Gasteiger partial charge in [-0.05, 0) is 53.1 Å². The Morgan fingerprint density at radius 1 is 1.19 bits per heavy atom. The second-order valence-electron chi connectivity index (χ2n) is 5.91. The van der Waals surface area contributed by atoms with Gasteiger partial charge in [0.05, 0.1) is 17.8 Å². The van der Waals surface area contributed by atoms with E-state index in [9.17, 15) is 13.2 Å². The first-order valence-electron chi connectivity index (χ1n) is 8.34. The van der Waals surface area contributed by atoms with Crippen molar-refractivity contribution in [1.82, 2.24) is 0 Å². The molecule has 1 heterocycles. The van der Waals surface area contributed by atoms with Crippen molar-refractivity contribution in [2.24, 2.45) is 0 Å². The molecule has 0 aliphatic carbocycles. The molecule has 1 aliphatic rings. The van der Waals surface area contributed by atoms with Crippen molar-refractivity contribution in [3.05, 3.63) is 53.6 Å². The molecule has 0 amide bonds. The standard InChI is InChI=1S/C20H20O4S2/c1-3-25-18-7-5-4-6-17(18)14-8-9-19-16(12-14)13-15(20(21)24-2)10-11-26(19,22)23/h4-9,12-13H,3,10-11H2,1-2H3. The van der Waals surface area contributed by atoms with Gasteiger partial charge in [0.2, 0.25) is 0 Å². The van der Waals surface area contributed by atoms with Crippen LogP contribution in [0.2, 0.25) is 0 Å². The monoisotopic (exact) mass is 388 g/mol. The van der Waals surface area contributed by atoms with Crippen molar-refractivity contribution < 1.29 is 17.9 Å². The van der Waals surface area contributed by atoms with Gasteiger partial charge >= 0.3 is 5.97 Å². The molecule has 2 aromatic carbocycles. The number of hydrogen-bond acceptors (Lipinski definition) is 5. The van der Waals surface area contributed by atoms with E-state index in [4.69, 9.17) is 4.74 Å². The first-order chi connectivity index (χ1) is 12.5. The number of ether oxygens (including phenoxy) is 1. The highest BCUT2D eigenvalue weighted by atomic mass is 32.2. The van der Waals surface area contributed by atoms with Gasteiger partial charge in [-0.25, -0.2) is 13.2 Å². The summed E-state index contributed by atoms with van der Waals surface area (Å²) in [5.74, 6) is 0.367.